The Morgan fingerprint density at radius 1 is 1.07 bits per heavy atom. The van der Waals surface area contributed by atoms with Crippen molar-refractivity contribution in [3.63, 3.8) is 0 Å². The highest BCUT2D eigenvalue weighted by atomic mass is 35.6. The van der Waals surface area contributed by atoms with Crippen molar-refractivity contribution in [2.24, 2.45) is 5.92 Å². The molecule has 2 aromatic rings. The van der Waals surface area contributed by atoms with Gasteiger partial charge in [0.15, 0.2) is 23.1 Å². The Bertz CT molecular complexity index is 855. The molecule has 0 atom stereocenters. The van der Waals surface area contributed by atoms with Crippen LogP contribution in [0.1, 0.15) is 25.6 Å². The molecule has 3 rings (SSSR count). The minimum Gasteiger partial charge on any atom is -0.493 e. The Hall–Kier alpha value is -1.54. The van der Waals surface area contributed by atoms with Crippen LogP contribution in [0.2, 0.25) is 0 Å². The van der Waals surface area contributed by atoms with Crippen LogP contribution in [0.5, 0.6) is 11.5 Å². The Balaban J connectivity index is 1.84. The number of anilines is 1. The SMILES string of the molecule is CCN1CCC(CNc2nc(-c3ccc(OC)c(OC)c3)nc(C(Cl)(Cl)Cl)n2)CC1. The zero-order valence-corrected chi connectivity index (χ0v) is 19.6. The van der Waals surface area contributed by atoms with Gasteiger partial charge in [-0.15, -0.1) is 0 Å². The van der Waals surface area contributed by atoms with Crippen LogP contribution in [-0.4, -0.2) is 60.3 Å². The van der Waals surface area contributed by atoms with Gasteiger partial charge in [0.05, 0.1) is 14.2 Å². The van der Waals surface area contributed by atoms with Crippen molar-refractivity contribution in [3.8, 4) is 22.9 Å². The molecule has 30 heavy (non-hydrogen) atoms. The molecule has 0 spiro atoms. The van der Waals surface area contributed by atoms with Gasteiger partial charge in [0.25, 0.3) is 0 Å². The van der Waals surface area contributed by atoms with E-state index in [0.29, 0.717) is 34.8 Å². The summed E-state index contributed by atoms with van der Waals surface area (Å²) in [5, 5.41) is 3.31. The highest BCUT2D eigenvalue weighted by Gasteiger charge is 2.29. The molecule has 1 aromatic carbocycles. The molecule has 2 heterocycles. The van der Waals surface area contributed by atoms with Crippen molar-refractivity contribution in [2.75, 3.05) is 45.7 Å². The van der Waals surface area contributed by atoms with Gasteiger partial charge in [0.2, 0.25) is 9.74 Å². The number of methoxy groups -OCH3 is 2. The third-order valence-corrected chi connectivity index (χ3v) is 5.74. The van der Waals surface area contributed by atoms with Crippen LogP contribution in [0.4, 0.5) is 5.95 Å². The maximum Gasteiger partial charge on any atom is 0.250 e. The van der Waals surface area contributed by atoms with E-state index in [1.54, 1.807) is 26.4 Å². The van der Waals surface area contributed by atoms with Gasteiger partial charge in [-0.3, -0.25) is 0 Å². The molecule has 0 amide bonds. The molecule has 1 aliphatic heterocycles. The highest BCUT2D eigenvalue weighted by molar-refractivity contribution is 6.66. The molecular formula is C20H26Cl3N5O2. The Kier molecular flexibility index (Phi) is 7.85. The van der Waals surface area contributed by atoms with Crippen LogP contribution in [0.25, 0.3) is 11.4 Å². The number of halogens is 3. The molecule has 1 aliphatic rings. The van der Waals surface area contributed by atoms with Crippen molar-refractivity contribution >= 4 is 40.8 Å². The quantitative estimate of drug-likeness (QED) is 0.591. The number of likely N-dealkylation sites (tertiary alicyclic amines) is 1. The number of rotatable bonds is 7. The molecule has 0 bridgehead atoms. The second kappa shape index (κ2) is 10.2. The van der Waals surface area contributed by atoms with Crippen molar-refractivity contribution < 1.29 is 9.47 Å². The maximum atomic E-state index is 6.08. The number of hydrogen-bond acceptors (Lipinski definition) is 7. The van der Waals surface area contributed by atoms with E-state index in [2.05, 4.69) is 32.1 Å². The van der Waals surface area contributed by atoms with Gasteiger partial charge in [-0.25, -0.2) is 4.98 Å². The number of ether oxygens (including phenoxy) is 2. The van der Waals surface area contributed by atoms with Crippen LogP contribution in [0, 0.1) is 5.92 Å². The summed E-state index contributed by atoms with van der Waals surface area (Å²) < 4.78 is 8.90. The second-order valence-electron chi connectivity index (χ2n) is 7.13. The topological polar surface area (TPSA) is 72.4 Å². The van der Waals surface area contributed by atoms with E-state index < -0.39 is 3.79 Å². The van der Waals surface area contributed by atoms with Crippen molar-refractivity contribution in [1.29, 1.82) is 0 Å². The fourth-order valence-electron chi connectivity index (χ4n) is 3.43. The summed E-state index contributed by atoms with van der Waals surface area (Å²) in [4.78, 5) is 15.7. The Labute approximate surface area is 192 Å². The van der Waals surface area contributed by atoms with E-state index in [0.717, 1.165) is 39.0 Å². The van der Waals surface area contributed by atoms with Crippen LogP contribution in [0.3, 0.4) is 0 Å². The number of alkyl halides is 3. The van der Waals surface area contributed by atoms with Crippen molar-refractivity contribution in [2.45, 2.75) is 23.6 Å². The molecule has 0 aliphatic carbocycles. The van der Waals surface area contributed by atoms with Crippen molar-refractivity contribution in [3.05, 3.63) is 24.0 Å². The number of piperidine rings is 1. The number of hydrogen-bond donors (Lipinski definition) is 1. The van der Waals surface area contributed by atoms with Crippen LogP contribution >= 0.6 is 34.8 Å². The van der Waals surface area contributed by atoms with Gasteiger partial charge in [-0.2, -0.15) is 9.97 Å². The smallest absolute Gasteiger partial charge is 0.250 e. The lowest BCUT2D eigenvalue weighted by Gasteiger charge is -2.31. The van der Waals surface area contributed by atoms with Crippen molar-refractivity contribution in [1.82, 2.24) is 19.9 Å². The first kappa shape index (κ1) is 23.1. The Morgan fingerprint density at radius 2 is 1.77 bits per heavy atom. The minimum absolute atomic E-state index is 0.0654. The van der Waals surface area contributed by atoms with Gasteiger partial charge in [0.1, 0.15) is 0 Å². The molecule has 7 nitrogen and oxygen atoms in total. The fourth-order valence-corrected chi connectivity index (χ4v) is 3.68. The average molecular weight is 475 g/mol. The van der Waals surface area contributed by atoms with Crippen LogP contribution in [-0.2, 0) is 3.79 Å². The first-order valence-corrected chi connectivity index (χ1v) is 11.0. The van der Waals surface area contributed by atoms with E-state index in [1.165, 1.54) is 0 Å². The molecule has 164 valence electrons. The van der Waals surface area contributed by atoms with E-state index in [1.807, 2.05) is 6.07 Å². The van der Waals surface area contributed by atoms with E-state index in [4.69, 9.17) is 44.3 Å². The zero-order valence-electron chi connectivity index (χ0n) is 17.3. The predicted octanol–water partition coefficient (Wildman–Crippen LogP) is 4.53. The van der Waals surface area contributed by atoms with E-state index >= 15 is 0 Å². The van der Waals surface area contributed by atoms with E-state index in [9.17, 15) is 0 Å². The number of nitrogens with zero attached hydrogens (tertiary/aromatic N) is 4. The molecule has 0 saturated carbocycles. The van der Waals surface area contributed by atoms with Gasteiger partial charge in [-0.1, -0.05) is 41.7 Å². The van der Waals surface area contributed by atoms with Gasteiger partial charge >= 0.3 is 0 Å². The van der Waals surface area contributed by atoms with E-state index in [-0.39, 0.29) is 5.82 Å². The fraction of sp³-hybridized carbons (Fsp3) is 0.550. The lowest BCUT2D eigenvalue weighted by atomic mass is 9.97. The molecular weight excluding hydrogens is 449 g/mol. The highest BCUT2D eigenvalue weighted by Crippen LogP contribution is 2.37. The molecule has 1 fully saturated rings. The lowest BCUT2D eigenvalue weighted by molar-refractivity contribution is 0.198. The molecule has 0 unspecified atom stereocenters. The largest absolute Gasteiger partial charge is 0.493 e. The molecule has 0 radical (unpaired) electrons. The third-order valence-electron chi connectivity index (χ3n) is 5.23. The summed E-state index contributed by atoms with van der Waals surface area (Å²) in [7, 11) is 3.15. The third kappa shape index (κ3) is 5.78. The maximum absolute atomic E-state index is 6.08. The monoisotopic (exact) mass is 473 g/mol. The summed E-state index contributed by atoms with van der Waals surface area (Å²) in [5.41, 5.74) is 0.699. The zero-order chi connectivity index (χ0) is 21.7. The molecule has 10 heteroatoms. The first-order valence-electron chi connectivity index (χ1n) is 9.86. The van der Waals surface area contributed by atoms with Gasteiger partial charge in [-0.05, 0) is 56.6 Å². The minimum atomic E-state index is -1.77. The molecule has 1 saturated heterocycles. The van der Waals surface area contributed by atoms with Crippen LogP contribution < -0.4 is 14.8 Å². The molecule has 1 N–H and O–H groups in total. The van der Waals surface area contributed by atoms with Gasteiger partial charge < -0.3 is 19.7 Å². The first-order chi connectivity index (χ1) is 14.3. The summed E-state index contributed by atoms with van der Waals surface area (Å²) in [6, 6.07) is 5.38. The number of benzene rings is 1. The Morgan fingerprint density at radius 3 is 2.37 bits per heavy atom. The van der Waals surface area contributed by atoms with Crippen LogP contribution in [0.15, 0.2) is 18.2 Å². The summed E-state index contributed by atoms with van der Waals surface area (Å²) >= 11 is 18.2. The summed E-state index contributed by atoms with van der Waals surface area (Å²) in [6.07, 6.45) is 2.26. The summed E-state index contributed by atoms with van der Waals surface area (Å²) in [6.45, 7) is 6.26. The van der Waals surface area contributed by atoms with Gasteiger partial charge in [0, 0.05) is 12.1 Å². The number of nitrogens with one attached hydrogen (secondary N) is 1. The summed E-state index contributed by atoms with van der Waals surface area (Å²) in [5.74, 6) is 2.54. The average Bonchev–Trinajstić information content (AvgIpc) is 2.76. The predicted molar refractivity (Wildman–Crippen MR) is 121 cm³/mol. The lowest BCUT2D eigenvalue weighted by Crippen LogP contribution is -2.35. The molecule has 1 aromatic heterocycles. The standard InChI is InChI=1S/C20H26Cl3N5O2/c1-4-28-9-7-13(8-10-28)12-24-19-26-17(25-18(27-19)20(21,22)23)14-5-6-15(29-2)16(11-14)30-3/h5-6,11,13H,4,7-10,12H2,1-3H3,(H,24,25,26,27). The normalized spacial score (nSPS) is 15.8. The number of aromatic nitrogens is 3. The second-order valence-corrected chi connectivity index (χ2v) is 9.41.